The van der Waals surface area contributed by atoms with E-state index in [9.17, 15) is 14.4 Å². The third-order valence-electron chi connectivity index (χ3n) is 4.81. The van der Waals surface area contributed by atoms with E-state index in [0.29, 0.717) is 35.8 Å². The minimum atomic E-state index is -0.559. The molecular formula is C24H26ClNO5. The summed E-state index contributed by atoms with van der Waals surface area (Å²) in [7, 11) is 0. The van der Waals surface area contributed by atoms with Gasteiger partial charge in [0.2, 0.25) is 0 Å². The van der Waals surface area contributed by atoms with Crippen molar-refractivity contribution in [1.29, 1.82) is 0 Å². The van der Waals surface area contributed by atoms with Gasteiger partial charge in [-0.2, -0.15) is 0 Å². The van der Waals surface area contributed by atoms with E-state index in [0.717, 1.165) is 5.56 Å². The number of ketones is 2. The zero-order valence-electron chi connectivity index (χ0n) is 17.9. The number of rotatable bonds is 5. The number of carbonyl (C=O) groups excluding carboxylic acids is 3. The van der Waals surface area contributed by atoms with Crippen LogP contribution in [0, 0.1) is 0 Å². The maximum absolute atomic E-state index is 12.5. The monoisotopic (exact) mass is 443 g/mol. The number of morpholine rings is 1. The van der Waals surface area contributed by atoms with Gasteiger partial charge in [-0.1, -0.05) is 35.9 Å². The molecule has 0 bridgehead atoms. The van der Waals surface area contributed by atoms with Crippen molar-refractivity contribution in [3.63, 3.8) is 0 Å². The molecule has 6 nitrogen and oxygen atoms in total. The molecule has 0 saturated carbocycles. The van der Waals surface area contributed by atoms with Gasteiger partial charge in [-0.15, -0.1) is 0 Å². The second kappa shape index (κ2) is 9.62. The molecule has 2 aromatic rings. The van der Waals surface area contributed by atoms with Crippen molar-refractivity contribution < 1.29 is 23.9 Å². The van der Waals surface area contributed by atoms with Crippen molar-refractivity contribution in [2.24, 2.45) is 0 Å². The molecule has 1 saturated heterocycles. The van der Waals surface area contributed by atoms with Crippen molar-refractivity contribution in [1.82, 2.24) is 4.90 Å². The average molecular weight is 444 g/mol. The van der Waals surface area contributed by atoms with Gasteiger partial charge in [0, 0.05) is 22.7 Å². The summed E-state index contributed by atoms with van der Waals surface area (Å²) in [5.41, 5.74) is 1.20. The summed E-state index contributed by atoms with van der Waals surface area (Å²) in [6, 6.07) is 13.4. The smallest absolute Gasteiger partial charge is 0.410 e. The van der Waals surface area contributed by atoms with Gasteiger partial charge in [-0.25, -0.2) is 4.79 Å². The van der Waals surface area contributed by atoms with Gasteiger partial charge in [-0.3, -0.25) is 9.59 Å². The Morgan fingerprint density at radius 2 is 1.55 bits per heavy atom. The largest absolute Gasteiger partial charge is 0.444 e. The fraction of sp³-hybridized carbons (Fsp3) is 0.375. The highest BCUT2D eigenvalue weighted by atomic mass is 35.5. The summed E-state index contributed by atoms with van der Waals surface area (Å²) in [6.07, 6.45) is -0.887. The van der Waals surface area contributed by atoms with Crippen LogP contribution in [0.5, 0.6) is 0 Å². The van der Waals surface area contributed by atoms with E-state index >= 15 is 0 Å². The second-order valence-corrected chi connectivity index (χ2v) is 8.87. The third-order valence-corrected chi connectivity index (χ3v) is 5.06. The Balaban J connectivity index is 1.61. The quantitative estimate of drug-likeness (QED) is 0.474. The predicted molar refractivity (Wildman–Crippen MR) is 118 cm³/mol. The van der Waals surface area contributed by atoms with Gasteiger partial charge < -0.3 is 14.4 Å². The highest BCUT2D eigenvalue weighted by molar-refractivity contribution is 6.30. The van der Waals surface area contributed by atoms with Gasteiger partial charge in [0.25, 0.3) is 0 Å². The van der Waals surface area contributed by atoms with Gasteiger partial charge in [0.1, 0.15) is 11.7 Å². The SMILES string of the molecule is CC(C)(C)OC(=O)N1CCOC(c2ccc(C(=O)CC(=O)c3ccc(Cl)cc3)cc2)C1. The number of benzene rings is 2. The number of carbonyl (C=O) groups is 3. The number of nitrogens with zero attached hydrogens (tertiary/aromatic N) is 1. The number of halogens is 1. The van der Waals surface area contributed by atoms with E-state index in [-0.39, 0.29) is 30.2 Å². The van der Waals surface area contributed by atoms with Gasteiger partial charge in [-0.05, 0) is 50.6 Å². The zero-order chi connectivity index (χ0) is 22.6. The van der Waals surface area contributed by atoms with Crippen LogP contribution in [-0.4, -0.2) is 47.9 Å². The molecule has 0 aliphatic carbocycles. The van der Waals surface area contributed by atoms with Crippen LogP contribution in [0.15, 0.2) is 48.5 Å². The van der Waals surface area contributed by atoms with E-state index < -0.39 is 5.60 Å². The highest BCUT2D eigenvalue weighted by Crippen LogP contribution is 2.24. The molecule has 0 spiro atoms. The van der Waals surface area contributed by atoms with Gasteiger partial charge in [0.15, 0.2) is 11.6 Å². The van der Waals surface area contributed by atoms with E-state index in [4.69, 9.17) is 21.1 Å². The first-order chi connectivity index (χ1) is 14.6. The van der Waals surface area contributed by atoms with Crippen LogP contribution in [0.4, 0.5) is 4.79 Å². The maximum atomic E-state index is 12.5. The molecule has 0 radical (unpaired) electrons. The van der Waals surface area contributed by atoms with E-state index in [1.54, 1.807) is 53.4 Å². The molecule has 1 atom stereocenters. The lowest BCUT2D eigenvalue weighted by molar-refractivity contribution is -0.0432. The Morgan fingerprint density at radius 1 is 1.00 bits per heavy atom. The first-order valence-corrected chi connectivity index (χ1v) is 10.5. The molecular weight excluding hydrogens is 418 g/mol. The molecule has 31 heavy (non-hydrogen) atoms. The molecule has 7 heteroatoms. The number of hydrogen-bond acceptors (Lipinski definition) is 5. The van der Waals surface area contributed by atoms with Crippen LogP contribution in [0.25, 0.3) is 0 Å². The van der Waals surface area contributed by atoms with Gasteiger partial charge >= 0.3 is 6.09 Å². The normalized spacial score (nSPS) is 16.6. The Morgan fingerprint density at radius 3 is 2.10 bits per heavy atom. The third kappa shape index (κ3) is 6.39. The summed E-state index contributed by atoms with van der Waals surface area (Å²) >= 11 is 5.83. The predicted octanol–water partition coefficient (Wildman–Crippen LogP) is 5.10. The van der Waals surface area contributed by atoms with Crippen LogP contribution < -0.4 is 0 Å². The molecule has 1 amide bonds. The first kappa shape index (κ1) is 23.0. The Labute approximate surface area is 187 Å². The molecule has 3 rings (SSSR count). The molecule has 1 aliphatic heterocycles. The summed E-state index contributed by atoms with van der Waals surface area (Å²) in [5, 5.41) is 0.536. The lowest BCUT2D eigenvalue weighted by atomic mass is 9.99. The summed E-state index contributed by atoms with van der Waals surface area (Å²) in [6.45, 7) is 6.73. The lowest BCUT2D eigenvalue weighted by Gasteiger charge is -2.34. The topological polar surface area (TPSA) is 72.9 Å². The fourth-order valence-corrected chi connectivity index (χ4v) is 3.34. The Bertz CT molecular complexity index is 947. The van der Waals surface area contributed by atoms with Crippen LogP contribution in [0.3, 0.4) is 0 Å². The summed E-state index contributed by atoms with van der Waals surface area (Å²) in [4.78, 5) is 38.8. The van der Waals surface area contributed by atoms with Crippen molar-refractivity contribution in [3.8, 4) is 0 Å². The number of hydrogen-bond donors (Lipinski definition) is 0. The van der Waals surface area contributed by atoms with Gasteiger partial charge in [0.05, 0.1) is 19.6 Å². The van der Waals surface area contributed by atoms with Crippen molar-refractivity contribution >= 4 is 29.3 Å². The van der Waals surface area contributed by atoms with E-state index in [1.807, 2.05) is 20.8 Å². The number of ether oxygens (including phenoxy) is 2. The molecule has 2 aromatic carbocycles. The lowest BCUT2D eigenvalue weighted by Crippen LogP contribution is -2.44. The number of amides is 1. The molecule has 164 valence electrons. The molecule has 1 aliphatic rings. The van der Waals surface area contributed by atoms with Crippen LogP contribution in [0.2, 0.25) is 5.02 Å². The van der Waals surface area contributed by atoms with E-state index in [1.165, 1.54) is 0 Å². The molecule has 1 unspecified atom stereocenters. The van der Waals surface area contributed by atoms with Crippen LogP contribution in [-0.2, 0) is 9.47 Å². The fourth-order valence-electron chi connectivity index (χ4n) is 3.21. The van der Waals surface area contributed by atoms with Crippen molar-refractivity contribution in [3.05, 3.63) is 70.2 Å². The van der Waals surface area contributed by atoms with E-state index in [2.05, 4.69) is 0 Å². The minimum absolute atomic E-state index is 0.215. The van der Waals surface area contributed by atoms with Crippen LogP contribution >= 0.6 is 11.6 Å². The minimum Gasteiger partial charge on any atom is -0.444 e. The Kier molecular flexibility index (Phi) is 7.13. The van der Waals surface area contributed by atoms with Crippen LogP contribution in [0.1, 0.15) is 59.6 Å². The standard InChI is InChI=1S/C24H26ClNO5/c1-24(2,3)31-23(29)26-12-13-30-22(15-26)18-6-4-16(5-7-18)20(27)14-21(28)17-8-10-19(25)11-9-17/h4-11,22H,12-15H2,1-3H3. The molecule has 1 fully saturated rings. The Hall–Kier alpha value is -2.70. The maximum Gasteiger partial charge on any atom is 0.410 e. The van der Waals surface area contributed by atoms with Crippen molar-refractivity contribution in [2.75, 3.05) is 19.7 Å². The molecule has 0 aromatic heterocycles. The highest BCUT2D eigenvalue weighted by Gasteiger charge is 2.29. The second-order valence-electron chi connectivity index (χ2n) is 8.44. The molecule has 1 heterocycles. The average Bonchev–Trinajstić information content (AvgIpc) is 2.73. The van der Waals surface area contributed by atoms with Crippen molar-refractivity contribution in [2.45, 2.75) is 38.9 Å². The molecule has 0 N–H and O–H groups in total. The first-order valence-electron chi connectivity index (χ1n) is 10.1. The zero-order valence-corrected chi connectivity index (χ0v) is 18.6. The number of Topliss-reactive ketones (excluding diaryl/α,β-unsaturated/α-hetero) is 2. The summed E-state index contributed by atoms with van der Waals surface area (Å²) in [5.74, 6) is -0.513. The summed E-state index contributed by atoms with van der Waals surface area (Å²) < 4.78 is 11.2.